The van der Waals surface area contributed by atoms with Crippen molar-refractivity contribution in [1.29, 1.82) is 5.26 Å². The third-order valence-corrected chi connectivity index (χ3v) is 3.92. The van der Waals surface area contributed by atoms with Gasteiger partial charge in [-0.2, -0.15) is 5.26 Å². The fraction of sp³-hybridized carbons (Fsp3) is 0.263. The molecule has 0 amide bonds. The predicted octanol–water partition coefficient (Wildman–Crippen LogP) is 4.32. The lowest BCUT2D eigenvalue weighted by atomic mass is 10.1. The summed E-state index contributed by atoms with van der Waals surface area (Å²) in [5.41, 5.74) is 2.47. The summed E-state index contributed by atoms with van der Waals surface area (Å²) in [6.45, 7) is 5.86. The molecule has 6 heteroatoms. The standard InChI is InChI=1S/C19H18BrNO4/c1-4-23-17-9-14(10-21)8-15(20)19(17)25-18(22)11-24-16-6-5-12(2)7-13(16)3/h5-9H,4,11H2,1-3H3. The summed E-state index contributed by atoms with van der Waals surface area (Å²) in [6.07, 6.45) is 0. The van der Waals surface area contributed by atoms with Gasteiger partial charge >= 0.3 is 5.97 Å². The number of halogens is 1. The van der Waals surface area contributed by atoms with Gasteiger partial charge in [-0.05, 0) is 54.4 Å². The molecule has 0 aliphatic heterocycles. The second-order valence-electron chi connectivity index (χ2n) is 5.36. The summed E-state index contributed by atoms with van der Waals surface area (Å²) in [6, 6.07) is 10.8. The summed E-state index contributed by atoms with van der Waals surface area (Å²) < 4.78 is 16.8. The number of hydrogen-bond acceptors (Lipinski definition) is 5. The first kappa shape index (κ1) is 18.8. The zero-order valence-electron chi connectivity index (χ0n) is 14.3. The maximum atomic E-state index is 12.1. The average Bonchev–Trinajstić information content (AvgIpc) is 2.57. The molecule has 130 valence electrons. The molecule has 0 heterocycles. The lowest BCUT2D eigenvalue weighted by Crippen LogP contribution is -2.18. The van der Waals surface area contributed by atoms with E-state index >= 15 is 0 Å². The lowest BCUT2D eigenvalue weighted by Gasteiger charge is -2.14. The van der Waals surface area contributed by atoms with Crippen LogP contribution in [0.2, 0.25) is 0 Å². The Morgan fingerprint density at radius 3 is 2.56 bits per heavy atom. The predicted molar refractivity (Wildman–Crippen MR) is 97.1 cm³/mol. The molecular formula is C19H18BrNO4. The van der Waals surface area contributed by atoms with Crippen molar-refractivity contribution in [2.24, 2.45) is 0 Å². The van der Waals surface area contributed by atoms with Crippen molar-refractivity contribution in [1.82, 2.24) is 0 Å². The number of carbonyl (C=O) groups excluding carboxylic acids is 1. The normalized spacial score (nSPS) is 10.0. The highest BCUT2D eigenvalue weighted by Gasteiger charge is 2.17. The van der Waals surface area contributed by atoms with Crippen LogP contribution in [0.25, 0.3) is 0 Å². The number of carbonyl (C=O) groups is 1. The van der Waals surface area contributed by atoms with Crippen LogP contribution in [-0.4, -0.2) is 19.2 Å². The molecule has 2 aromatic carbocycles. The molecule has 0 atom stereocenters. The van der Waals surface area contributed by atoms with Crippen LogP contribution >= 0.6 is 15.9 Å². The second kappa shape index (κ2) is 8.54. The van der Waals surface area contributed by atoms with Gasteiger partial charge in [0.15, 0.2) is 18.1 Å². The van der Waals surface area contributed by atoms with Gasteiger partial charge in [-0.25, -0.2) is 4.79 Å². The molecule has 5 nitrogen and oxygen atoms in total. The van der Waals surface area contributed by atoms with E-state index in [4.69, 9.17) is 19.5 Å². The first-order valence-corrected chi connectivity index (χ1v) is 8.51. The topological polar surface area (TPSA) is 68.5 Å². The molecule has 0 unspecified atom stereocenters. The monoisotopic (exact) mass is 403 g/mol. The molecule has 0 spiro atoms. The fourth-order valence-electron chi connectivity index (χ4n) is 2.24. The molecule has 2 aromatic rings. The number of nitrogens with zero attached hydrogens (tertiary/aromatic N) is 1. The number of ether oxygens (including phenoxy) is 3. The van der Waals surface area contributed by atoms with Crippen molar-refractivity contribution in [2.75, 3.05) is 13.2 Å². The maximum absolute atomic E-state index is 12.1. The highest BCUT2D eigenvalue weighted by molar-refractivity contribution is 9.10. The molecule has 0 bridgehead atoms. The summed E-state index contributed by atoms with van der Waals surface area (Å²) >= 11 is 3.30. The molecule has 25 heavy (non-hydrogen) atoms. The lowest BCUT2D eigenvalue weighted by molar-refractivity contribution is -0.136. The molecular weight excluding hydrogens is 386 g/mol. The average molecular weight is 404 g/mol. The SMILES string of the molecule is CCOc1cc(C#N)cc(Br)c1OC(=O)COc1ccc(C)cc1C. The minimum absolute atomic E-state index is 0.232. The van der Waals surface area contributed by atoms with Crippen LogP contribution in [0.4, 0.5) is 0 Å². The number of hydrogen-bond donors (Lipinski definition) is 0. The van der Waals surface area contributed by atoms with E-state index < -0.39 is 5.97 Å². The van der Waals surface area contributed by atoms with Gasteiger partial charge in [0.05, 0.1) is 22.7 Å². The van der Waals surface area contributed by atoms with E-state index in [2.05, 4.69) is 15.9 Å². The molecule has 0 aliphatic carbocycles. The van der Waals surface area contributed by atoms with Crippen LogP contribution in [0.3, 0.4) is 0 Å². The largest absolute Gasteiger partial charge is 0.490 e. The van der Waals surface area contributed by atoms with Crippen molar-refractivity contribution in [3.05, 3.63) is 51.5 Å². The summed E-state index contributed by atoms with van der Waals surface area (Å²) in [5.74, 6) is 0.626. The molecule has 0 fully saturated rings. The van der Waals surface area contributed by atoms with E-state index in [0.29, 0.717) is 28.1 Å². The van der Waals surface area contributed by atoms with Gasteiger partial charge in [-0.15, -0.1) is 0 Å². The van der Waals surface area contributed by atoms with E-state index in [9.17, 15) is 4.79 Å². The van der Waals surface area contributed by atoms with Crippen LogP contribution in [0, 0.1) is 25.2 Å². The zero-order chi connectivity index (χ0) is 18.4. The Morgan fingerprint density at radius 1 is 1.16 bits per heavy atom. The van der Waals surface area contributed by atoms with Gasteiger partial charge in [-0.1, -0.05) is 17.7 Å². The summed E-state index contributed by atoms with van der Waals surface area (Å²) in [5, 5.41) is 9.03. The molecule has 0 saturated carbocycles. The highest BCUT2D eigenvalue weighted by atomic mass is 79.9. The Hall–Kier alpha value is -2.52. The van der Waals surface area contributed by atoms with Gasteiger partial charge < -0.3 is 14.2 Å². The molecule has 0 radical (unpaired) electrons. The minimum Gasteiger partial charge on any atom is -0.490 e. The van der Waals surface area contributed by atoms with Gasteiger partial charge in [0.2, 0.25) is 0 Å². The Bertz CT molecular complexity index is 827. The minimum atomic E-state index is -0.564. The van der Waals surface area contributed by atoms with E-state index in [1.807, 2.05) is 45.0 Å². The Morgan fingerprint density at radius 2 is 1.92 bits per heavy atom. The quantitative estimate of drug-likeness (QED) is 0.530. The number of esters is 1. The van der Waals surface area contributed by atoms with E-state index in [1.54, 1.807) is 6.07 Å². The number of nitriles is 1. The fourth-order valence-corrected chi connectivity index (χ4v) is 2.76. The molecule has 0 aliphatic rings. The third-order valence-electron chi connectivity index (χ3n) is 3.33. The highest BCUT2D eigenvalue weighted by Crippen LogP contribution is 2.37. The van der Waals surface area contributed by atoms with Crippen LogP contribution in [-0.2, 0) is 4.79 Å². The van der Waals surface area contributed by atoms with Gasteiger partial charge in [-0.3, -0.25) is 0 Å². The van der Waals surface area contributed by atoms with Crippen molar-refractivity contribution in [3.8, 4) is 23.3 Å². The van der Waals surface area contributed by atoms with E-state index in [0.717, 1.165) is 11.1 Å². The van der Waals surface area contributed by atoms with Crippen molar-refractivity contribution >= 4 is 21.9 Å². The summed E-state index contributed by atoms with van der Waals surface area (Å²) in [7, 11) is 0. The van der Waals surface area contributed by atoms with E-state index in [1.165, 1.54) is 6.07 Å². The zero-order valence-corrected chi connectivity index (χ0v) is 15.8. The Kier molecular flexibility index (Phi) is 6.43. The molecule has 0 aromatic heterocycles. The molecule has 0 N–H and O–H groups in total. The third kappa shape index (κ3) is 4.97. The maximum Gasteiger partial charge on any atom is 0.349 e. The Labute approximate surface area is 155 Å². The first-order chi connectivity index (χ1) is 11.9. The van der Waals surface area contributed by atoms with Crippen molar-refractivity contribution in [3.63, 3.8) is 0 Å². The first-order valence-electron chi connectivity index (χ1n) is 7.71. The van der Waals surface area contributed by atoms with Crippen LogP contribution in [0.5, 0.6) is 17.2 Å². The number of aryl methyl sites for hydroxylation is 2. The molecule has 0 saturated heterocycles. The van der Waals surface area contributed by atoms with Crippen molar-refractivity contribution < 1.29 is 19.0 Å². The molecule has 2 rings (SSSR count). The Balaban J connectivity index is 2.11. The second-order valence-corrected chi connectivity index (χ2v) is 6.22. The van der Waals surface area contributed by atoms with Crippen LogP contribution in [0.1, 0.15) is 23.6 Å². The smallest absolute Gasteiger partial charge is 0.349 e. The number of benzene rings is 2. The van der Waals surface area contributed by atoms with Crippen LogP contribution in [0.15, 0.2) is 34.8 Å². The van der Waals surface area contributed by atoms with Gasteiger partial charge in [0.1, 0.15) is 5.75 Å². The van der Waals surface area contributed by atoms with Gasteiger partial charge in [0.25, 0.3) is 0 Å². The van der Waals surface area contributed by atoms with Crippen molar-refractivity contribution in [2.45, 2.75) is 20.8 Å². The van der Waals surface area contributed by atoms with Crippen LogP contribution < -0.4 is 14.2 Å². The van der Waals surface area contributed by atoms with Gasteiger partial charge in [0, 0.05) is 6.07 Å². The number of rotatable bonds is 6. The van der Waals surface area contributed by atoms with E-state index in [-0.39, 0.29) is 12.4 Å². The summed E-state index contributed by atoms with van der Waals surface area (Å²) in [4.78, 5) is 12.1.